The smallest absolute Gasteiger partial charge is 0.221 e. The highest BCUT2D eigenvalue weighted by atomic mass is 16.1. The molecule has 1 amide bonds. The van der Waals surface area contributed by atoms with Gasteiger partial charge in [-0.1, -0.05) is 38.1 Å². The van der Waals surface area contributed by atoms with Gasteiger partial charge in [-0.25, -0.2) is 0 Å². The van der Waals surface area contributed by atoms with Crippen molar-refractivity contribution < 1.29 is 4.79 Å². The van der Waals surface area contributed by atoms with Crippen molar-refractivity contribution in [1.29, 1.82) is 0 Å². The van der Waals surface area contributed by atoms with Gasteiger partial charge in [-0.05, 0) is 43.2 Å². The summed E-state index contributed by atoms with van der Waals surface area (Å²) in [5, 5.41) is 6.44. The normalized spacial score (nSPS) is 16.0. The minimum absolute atomic E-state index is 0.0755. The Morgan fingerprint density at radius 3 is 2.43 bits per heavy atom. The molecule has 3 nitrogen and oxygen atoms in total. The Morgan fingerprint density at radius 2 is 1.86 bits per heavy atom. The van der Waals surface area contributed by atoms with Crippen LogP contribution in [0.2, 0.25) is 0 Å². The van der Waals surface area contributed by atoms with Crippen molar-refractivity contribution in [2.45, 2.75) is 58.5 Å². The molecule has 1 aromatic rings. The molecule has 1 unspecified atom stereocenters. The van der Waals surface area contributed by atoms with Gasteiger partial charge in [0.05, 0.1) is 6.04 Å². The summed E-state index contributed by atoms with van der Waals surface area (Å²) < 4.78 is 0. The molecule has 116 valence electrons. The van der Waals surface area contributed by atoms with Crippen LogP contribution in [0.1, 0.15) is 57.2 Å². The molecule has 1 aliphatic rings. The van der Waals surface area contributed by atoms with Crippen LogP contribution in [0, 0.1) is 5.92 Å². The Hall–Kier alpha value is -1.35. The molecule has 0 saturated heterocycles. The zero-order chi connectivity index (χ0) is 15.2. The molecule has 2 N–H and O–H groups in total. The summed E-state index contributed by atoms with van der Waals surface area (Å²) in [7, 11) is 0. The Labute approximate surface area is 128 Å². The van der Waals surface area contributed by atoms with Crippen LogP contribution in [0.4, 0.5) is 0 Å². The van der Waals surface area contributed by atoms with E-state index >= 15 is 0 Å². The molecule has 1 aromatic carbocycles. The first-order valence-electron chi connectivity index (χ1n) is 8.16. The SMILES string of the molecule is CC(C)Cc1ccc(C(C)NC(=O)CCNC2CC2)cc1. The maximum absolute atomic E-state index is 11.9. The molecule has 21 heavy (non-hydrogen) atoms. The third-order valence-corrected chi connectivity index (χ3v) is 3.86. The first-order valence-corrected chi connectivity index (χ1v) is 8.16. The number of hydrogen-bond donors (Lipinski definition) is 2. The minimum Gasteiger partial charge on any atom is -0.350 e. The van der Waals surface area contributed by atoms with E-state index < -0.39 is 0 Å². The molecule has 0 heterocycles. The lowest BCUT2D eigenvalue weighted by atomic mass is 10.00. The summed E-state index contributed by atoms with van der Waals surface area (Å²) in [5.41, 5.74) is 2.53. The summed E-state index contributed by atoms with van der Waals surface area (Å²) in [6.45, 7) is 7.29. The maximum Gasteiger partial charge on any atom is 0.221 e. The second-order valence-corrected chi connectivity index (χ2v) is 6.61. The summed E-state index contributed by atoms with van der Waals surface area (Å²) in [4.78, 5) is 11.9. The molecule has 1 fully saturated rings. The Morgan fingerprint density at radius 1 is 1.19 bits per heavy atom. The Bertz CT molecular complexity index is 449. The molecule has 2 rings (SSSR count). The van der Waals surface area contributed by atoms with Crippen LogP contribution >= 0.6 is 0 Å². The van der Waals surface area contributed by atoms with E-state index in [2.05, 4.69) is 48.7 Å². The average molecular weight is 288 g/mol. The summed E-state index contributed by atoms with van der Waals surface area (Å²) in [6, 6.07) is 9.35. The van der Waals surface area contributed by atoms with Crippen LogP contribution in [0.25, 0.3) is 0 Å². The molecular formula is C18H28N2O. The summed E-state index contributed by atoms with van der Waals surface area (Å²) in [6.07, 6.45) is 4.20. The number of benzene rings is 1. The predicted molar refractivity (Wildman–Crippen MR) is 87.2 cm³/mol. The van der Waals surface area contributed by atoms with Gasteiger partial charge < -0.3 is 10.6 Å². The number of amides is 1. The predicted octanol–water partition coefficient (Wildman–Crippen LogP) is 3.20. The first kappa shape index (κ1) is 16.0. The van der Waals surface area contributed by atoms with Crippen LogP contribution in [-0.2, 0) is 11.2 Å². The highest BCUT2D eigenvalue weighted by Crippen LogP contribution is 2.18. The third-order valence-electron chi connectivity index (χ3n) is 3.86. The lowest BCUT2D eigenvalue weighted by molar-refractivity contribution is -0.121. The van der Waals surface area contributed by atoms with Crippen LogP contribution in [-0.4, -0.2) is 18.5 Å². The Balaban J connectivity index is 1.75. The van der Waals surface area contributed by atoms with Crippen molar-refractivity contribution in [2.24, 2.45) is 5.92 Å². The molecule has 0 bridgehead atoms. The number of carbonyl (C=O) groups excluding carboxylic acids is 1. The highest BCUT2D eigenvalue weighted by Gasteiger charge is 2.20. The summed E-state index contributed by atoms with van der Waals surface area (Å²) in [5.74, 6) is 0.800. The second-order valence-electron chi connectivity index (χ2n) is 6.61. The van der Waals surface area contributed by atoms with Crippen LogP contribution in [0.15, 0.2) is 24.3 Å². The van der Waals surface area contributed by atoms with Gasteiger partial charge in [0.2, 0.25) is 5.91 Å². The van der Waals surface area contributed by atoms with Gasteiger partial charge in [-0.15, -0.1) is 0 Å². The van der Waals surface area contributed by atoms with Crippen molar-refractivity contribution in [3.8, 4) is 0 Å². The van der Waals surface area contributed by atoms with Gasteiger partial charge in [-0.3, -0.25) is 4.79 Å². The van der Waals surface area contributed by atoms with Gasteiger partial charge in [0, 0.05) is 19.0 Å². The van der Waals surface area contributed by atoms with E-state index in [1.807, 2.05) is 6.92 Å². The zero-order valence-corrected chi connectivity index (χ0v) is 13.5. The topological polar surface area (TPSA) is 41.1 Å². The van der Waals surface area contributed by atoms with E-state index in [0.717, 1.165) is 13.0 Å². The fourth-order valence-corrected chi connectivity index (χ4v) is 2.49. The fraction of sp³-hybridized carbons (Fsp3) is 0.611. The molecule has 0 aliphatic heterocycles. The van der Waals surface area contributed by atoms with E-state index in [0.29, 0.717) is 18.4 Å². The van der Waals surface area contributed by atoms with Crippen molar-refractivity contribution >= 4 is 5.91 Å². The molecule has 3 heteroatoms. The second kappa shape index (κ2) is 7.60. The van der Waals surface area contributed by atoms with Gasteiger partial charge >= 0.3 is 0 Å². The quantitative estimate of drug-likeness (QED) is 0.771. The van der Waals surface area contributed by atoms with Crippen LogP contribution in [0.5, 0.6) is 0 Å². The molecule has 0 aromatic heterocycles. The lowest BCUT2D eigenvalue weighted by Crippen LogP contribution is -2.30. The van der Waals surface area contributed by atoms with Gasteiger partial charge in [-0.2, -0.15) is 0 Å². The lowest BCUT2D eigenvalue weighted by Gasteiger charge is -2.15. The van der Waals surface area contributed by atoms with Crippen molar-refractivity contribution in [2.75, 3.05) is 6.54 Å². The monoisotopic (exact) mass is 288 g/mol. The van der Waals surface area contributed by atoms with E-state index in [4.69, 9.17) is 0 Å². The highest BCUT2D eigenvalue weighted by molar-refractivity contribution is 5.76. The van der Waals surface area contributed by atoms with Gasteiger partial charge in [0.1, 0.15) is 0 Å². The third kappa shape index (κ3) is 5.88. The van der Waals surface area contributed by atoms with E-state index in [1.54, 1.807) is 0 Å². The maximum atomic E-state index is 11.9. The average Bonchev–Trinajstić information content (AvgIpc) is 3.23. The minimum atomic E-state index is 0.0755. The largest absolute Gasteiger partial charge is 0.350 e. The van der Waals surface area contributed by atoms with Gasteiger partial charge in [0.15, 0.2) is 0 Å². The number of rotatable bonds is 8. The van der Waals surface area contributed by atoms with Gasteiger partial charge in [0.25, 0.3) is 0 Å². The zero-order valence-electron chi connectivity index (χ0n) is 13.5. The molecule has 1 aliphatic carbocycles. The molecule has 1 atom stereocenters. The van der Waals surface area contributed by atoms with Crippen molar-refractivity contribution in [1.82, 2.24) is 10.6 Å². The Kier molecular flexibility index (Phi) is 5.80. The van der Waals surface area contributed by atoms with E-state index in [1.165, 1.54) is 24.0 Å². The van der Waals surface area contributed by atoms with Crippen LogP contribution < -0.4 is 10.6 Å². The molecule has 0 spiro atoms. The van der Waals surface area contributed by atoms with Crippen molar-refractivity contribution in [3.63, 3.8) is 0 Å². The van der Waals surface area contributed by atoms with Crippen molar-refractivity contribution in [3.05, 3.63) is 35.4 Å². The van der Waals surface area contributed by atoms with Crippen LogP contribution in [0.3, 0.4) is 0 Å². The standard InChI is InChI=1S/C18H28N2O/c1-13(2)12-15-4-6-16(7-5-15)14(3)20-18(21)10-11-19-17-8-9-17/h4-7,13-14,17,19H,8-12H2,1-3H3,(H,20,21). The number of carbonyl (C=O) groups is 1. The molecular weight excluding hydrogens is 260 g/mol. The first-order chi connectivity index (χ1) is 10.0. The fourth-order valence-electron chi connectivity index (χ4n) is 2.49. The van der Waals surface area contributed by atoms with E-state index in [9.17, 15) is 4.79 Å². The molecule has 0 radical (unpaired) electrons. The number of nitrogens with one attached hydrogen (secondary N) is 2. The van der Waals surface area contributed by atoms with E-state index in [-0.39, 0.29) is 11.9 Å². The summed E-state index contributed by atoms with van der Waals surface area (Å²) >= 11 is 0. The number of hydrogen-bond acceptors (Lipinski definition) is 2. The molecule has 1 saturated carbocycles.